The lowest BCUT2D eigenvalue weighted by atomic mass is 9.95. The first-order valence-electron chi connectivity index (χ1n) is 7.09. The molecular weight excluding hydrogens is 214 g/mol. The van der Waals surface area contributed by atoms with Crippen molar-refractivity contribution in [1.29, 1.82) is 0 Å². The van der Waals surface area contributed by atoms with Gasteiger partial charge in [-0.3, -0.25) is 0 Å². The van der Waals surface area contributed by atoms with Crippen molar-refractivity contribution in [1.82, 2.24) is 5.32 Å². The standard InChI is InChI=1S/C14H29NS/c1-4-12(5-2)10-13(15-3)11-16-14-8-6-7-9-14/h12-15H,4-11H2,1-3H3. The molecule has 1 nitrogen and oxygen atoms in total. The zero-order chi connectivity index (χ0) is 11.8. The zero-order valence-corrected chi connectivity index (χ0v) is 12.1. The van der Waals surface area contributed by atoms with Crippen molar-refractivity contribution < 1.29 is 0 Å². The second-order valence-corrected chi connectivity index (χ2v) is 6.48. The zero-order valence-electron chi connectivity index (χ0n) is 11.3. The summed E-state index contributed by atoms with van der Waals surface area (Å²) in [4.78, 5) is 0. The molecule has 0 saturated heterocycles. The Labute approximate surface area is 106 Å². The van der Waals surface area contributed by atoms with Crippen LogP contribution in [0.3, 0.4) is 0 Å². The monoisotopic (exact) mass is 243 g/mol. The van der Waals surface area contributed by atoms with Crippen LogP contribution < -0.4 is 5.32 Å². The van der Waals surface area contributed by atoms with Gasteiger partial charge in [0.05, 0.1) is 0 Å². The van der Waals surface area contributed by atoms with Crippen LogP contribution in [0.25, 0.3) is 0 Å². The van der Waals surface area contributed by atoms with Crippen molar-refractivity contribution in [2.45, 2.75) is 70.1 Å². The highest BCUT2D eigenvalue weighted by Crippen LogP contribution is 2.30. The van der Waals surface area contributed by atoms with Gasteiger partial charge in [0.25, 0.3) is 0 Å². The molecule has 0 bridgehead atoms. The molecule has 16 heavy (non-hydrogen) atoms. The summed E-state index contributed by atoms with van der Waals surface area (Å²) in [6.45, 7) is 4.65. The fraction of sp³-hybridized carbons (Fsp3) is 1.00. The quantitative estimate of drug-likeness (QED) is 0.689. The Bertz CT molecular complexity index is 162. The fourth-order valence-electron chi connectivity index (χ4n) is 2.60. The van der Waals surface area contributed by atoms with E-state index in [4.69, 9.17) is 0 Å². The van der Waals surface area contributed by atoms with Gasteiger partial charge in [-0.1, -0.05) is 39.5 Å². The fourth-order valence-corrected chi connectivity index (χ4v) is 4.07. The molecular formula is C14H29NS. The highest BCUT2D eigenvalue weighted by Gasteiger charge is 2.18. The third kappa shape index (κ3) is 5.09. The molecule has 1 atom stereocenters. The Morgan fingerprint density at radius 3 is 2.31 bits per heavy atom. The summed E-state index contributed by atoms with van der Waals surface area (Å²) in [5.41, 5.74) is 0. The van der Waals surface area contributed by atoms with Crippen LogP contribution in [0.5, 0.6) is 0 Å². The van der Waals surface area contributed by atoms with Gasteiger partial charge in [0, 0.05) is 17.0 Å². The molecule has 1 aliphatic rings. The molecule has 1 fully saturated rings. The van der Waals surface area contributed by atoms with E-state index in [1.165, 1.54) is 50.7 Å². The Kier molecular flexibility index (Phi) is 7.55. The van der Waals surface area contributed by atoms with Gasteiger partial charge in [0.2, 0.25) is 0 Å². The SMILES string of the molecule is CCC(CC)CC(CSC1CCCC1)NC. The molecule has 0 aromatic rings. The molecule has 0 aliphatic heterocycles. The maximum absolute atomic E-state index is 3.50. The van der Waals surface area contributed by atoms with Crippen molar-refractivity contribution in [3.63, 3.8) is 0 Å². The van der Waals surface area contributed by atoms with Crippen molar-refractivity contribution in [3.05, 3.63) is 0 Å². The van der Waals surface area contributed by atoms with Crippen LogP contribution in [0.4, 0.5) is 0 Å². The van der Waals surface area contributed by atoms with E-state index in [2.05, 4.69) is 38.0 Å². The average Bonchev–Trinajstić information content (AvgIpc) is 2.83. The van der Waals surface area contributed by atoms with Crippen LogP contribution in [0.1, 0.15) is 58.8 Å². The molecule has 96 valence electrons. The lowest BCUT2D eigenvalue weighted by Gasteiger charge is -2.22. The van der Waals surface area contributed by atoms with Gasteiger partial charge >= 0.3 is 0 Å². The summed E-state index contributed by atoms with van der Waals surface area (Å²) in [7, 11) is 2.13. The topological polar surface area (TPSA) is 12.0 Å². The summed E-state index contributed by atoms with van der Waals surface area (Å²) >= 11 is 2.22. The molecule has 0 aromatic carbocycles. The van der Waals surface area contributed by atoms with E-state index in [1.54, 1.807) is 0 Å². The van der Waals surface area contributed by atoms with E-state index in [1.807, 2.05) is 0 Å². The highest BCUT2D eigenvalue weighted by molar-refractivity contribution is 7.99. The van der Waals surface area contributed by atoms with Gasteiger partial charge < -0.3 is 5.32 Å². The minimum absolute atomic E-state index is 0.732. The van der Waals surface area contributed by atoms with Crippen LogP contribution in [0.15, 0.2) is 0 Å². The number of rotatable bonds is 8. The molecule has 1 unspecified atom stereocenters. The molecule has 1 rings (SSSR count). The maximum Gasteiger partial charge on any atom is 0.0157 e. The normalized spacial score (nSPS) is 19.5. The molecule has 0 radical (unpaired) electrons. The number of hydrogen-bond acceptors (Lipinski definition) is 2. The Hall–Kier alpha value is 0.310. The van der Waals surface area contributed by atoms with Crippen molar-refractivity contribution in [2.24, 2.45) is 5.92 Å². The molecule has 1 saturated carbocycles. The van der Waals surface area contributed by atoms with Gasteiger partial charge in [0.15, 0.2) is 0 Å². The van der Waals surface area contributed by atoms with E-state index in [0.717, 1.165) is 17.2 Å². The summed E-state index contributed by atoms with van der Waals surface area (Å²) in [5.74, 6) is 2.24. The molecule has 1 aliphatic carbocycles. The number of hydrogen-bond donors (Lipinski definition) is 1. The molecule has 0 spiro atoms. The summed E-state index contributed by atoms with van der Waals surface area (Å²) in [5, 5.41) is 4.47. The summed E-state index contributed by atoms with van der Waals surface area (Å²) in [6, 6.07) is 0.732. The van der Waals surface area contributed by atoms with Gasteiger partial charge in [-0.05, 0) is 32.2 Å². The van der Waals surface area contributed by atoms with Crippen LogP contribution in [-0.4, -0.2) is 24.1 Å². The number of nitrogens with one attached hydrogen (secondary N) is 1. The van der Waals surface area contributed by atoms with Crippen LogP contribution >= 0.6 is 11.8 Å². The molecule has 0 heterocycles. The minimum atomic E-state index is 0.732. The Morgan fingerprint density at radius 1 is 1.19 bits per heavy atom. The Balaban J connectivity index is 2.19. The molecule has 0 amide bonds. The van der Waals surface area contributed by atoms with Gasteiger partial charge in [-0.25, -0.2) is 0 Å². The second kappa shape index (κ2) is 8.41. The number of thioether (sulfide) groups is 1. The summed E-state index contributed by atoms with van der Waals surface area (Å²) in [6.07, 6.45) is 9.90. The smallest absolute Gasteiger partial charge is 0.0157 e. The average molecular weight is 243 g/mol. The largest absolute Gasteiger partial charge is 0.316 e. The highest BCUT2D eigenvalue weighted by atomic mass is 32.2. The van der Waals surface area contributed by atoms with Crippen LogP contribution in [0.2, 0.25) is 0 Å². The third-order valence-corrected chi connectivity index (χ3v) is 5.55. The first kappa shape index (κ1) is 14.4. The van der Waals surface area contributed by atoms with Gasteiger partial charge in [-0.15, -0.1) is 0 Å². The van der Waals surface area contributed by atoms with Crippen molar-refractivity contribution in [2.75, 3.05) is 12.8 Å². The molecule has 2 heteroatoms. The maximum atomic E-state index is 3.50. The van der Waals surface area contributed by atoms with Crippen LogP contribution in [0, 0.1) is 5.92 Å². The second-order valence-electron chi connectivity index (χ2n) is 5.14. The van der Waals surface area contributed by atoms with E-state index < -0.39 is 0 Å². The Morgan fingerprint density at radius 2 is 1.81 bits per heavy atom. The van der Waals surface area contributed by atoms with E-state index in [-0.39, 0.29) is 0 Å². The van der Waals surface area contributed by atoms with E-state index >= 15 is 0 Å². The minimum Gasteiger partial charge on any atom is -0.316 e. The van der Waals surface area contributed by atoms with Crippen molar-refractivity contribution in [3.8, 4) is 0 Å². The van der Waals surface area contributed by atoms with E-state index in [0.29, 0.717) is 0 Å². The lowest BCUT2D eigenvalue weighted by molar-refractivity contribution is 0.397. The van der Waals surface area contributed by atoms with Gasteiger partial charge in [0.1, 0.15) is 0 Å². The summed E-state index contributed by atoms with van der Waals surface area (Å²) < 4.78 is 0. The van der Waals surface area contributed by atoms with Crippen molar-refractivity contribution >= 4 is 11.8 Å². The lowest BCUT2D eigenvalue weighted by Crippen LogP contribution is -2.30. The molecule has 1 N–H and O–H groups in total. The first-order chi connectivity index (χ1) is 7.80. The predicted molar refractivity (Wildman–Crippen MR) is 76.3 cm³/mol. The van der Waals surface area contributed by atoms with Gasteiger partial charge in [-0.2, -0.15) is 11.8 Å². The van der Waals surface area contributed by atoms with Crippen LogP contribution in [-0.2, 0) is 0 Å². The molecule has 0 aromatic heterocycles. The first-order valence-corrected chi connectivity index (χ1v) is 8.13. The predicted octanol–water partition coefficient (Wildman–Crippen LogP) is 4.08. The third-order valence-electron chi connectivity index (χ3n) is 4.02. The van der Waals surface area contributed by atoms with E-state index in [9.17, 15) is 0 Å².